The fourth-order valence-corrected chi connectivity index (χ4v) is 4.57. The second-order valence-electron chi connectivity index (χ2n) is 7.77. The van der Waals surface area contributed by atoms with Gasteiger partial charge in [-0.1, -0.05) is 6.07 Å². The van der Waals surface area contributed by atoms with Crippen LogP contribution in [0.4, 0.5) is 4.39 Å². The maximum atomic E-state index is 14.5. The van der Waals surface area contributed by atoms with E-state index in [-0.39, 0.29) is 24.9 Å². The summed E-state index contributed by atoms with van der Waals surface area (Å²) in [4.78, 5) is 13.5. The van der Waals surface area contributed by atoms with Crippen molar-refractivity contribution < 1.29 is 13.9 Å². The quantitative estimate of drug-likeness (QED) is 0.360. The number of hydrogen-bond donors (Lipinski definition) is 1. The van der Waals surface area contributed by atoms with Gasteiger partial charge < -0.3 is 15.0 Å². The van der Waals surface area contributed by atoms with Crippen LogP contribution < -0.4 is 5.73 Å². The molecule has 0 aliphatic rings. The average molecular weight is 456 g/mol. The number of nitrogens with zero attached hydrogens (tertiary/aromatic N) is 2. The highest BCUT2D eigenvalue weighted by atomic mass is 32.2. The number of allylic oxidation sites excluding steroid dienone is 1. The Morgan fingerprint density at radius 3 is 2.62 bits per heavy atom. The van der Waals surface area contributed by atoms with E-state index in [1.54, 1.807) is 24.9 Å². The van der Waals surface area contributed by atoms with Crippen molar-refractivity contribution in [1.29, 1.82) is 0 Å². The number of rotatable bonds is 8. The highest BCUT2D eigenvalue weighted by Gasteiger charge is 2.20. The third-order valence-electron chi connectivity index (χ3n) is 5.25. The lowest BCUT2D eigenvalue weighted by atomic mass is 9.97. The van der Waals surface area contributed by atoms with Gasteiger partial charge in [0.2, 0.25) is 0 Å². The van der Waals surface area contributed by atoms with Crippen molar-refractivity contribution in [1.82, 2.24) is 8.87 Å². The van der Waals surface area contributed by atoms with Gasteiger partial charge in [0.15, 0.2) is 0 Å². The molecule has 0 amide bonds. The van der Waals surface area contributed by atoms with Crippen LogP contribution in [0.15, 0.2) is 53.2 Å². The summed E-state index contributed by atoms with van der Waals surface area (Å²) in [6.07, 6.45) is 1.39. The van der Waals surface area contributed by atoms with Gasteiger partial charge in [-0.15, -0.1) is 0 Å². The lowest BCUT2D eigenvalue weighted by Crippen LogP contribution is -2.05. The molecule has 0 spiro atoms. The summed E-state index contributed by atoms with van der Waals surface area (Å²) in [5.41, 5.74) is 10.9. The van der Waals surface area contributed by atoms with E-state index in [1.165, 1.54) is 6.08 Å². The van der Waals surface area contributed by atoms with Gasteiger partial charge in [0.25, 0.3) is 0 Å². The standard InChI is InChI=1S/C25H30FN3O2S/c1-6-31-25(30)18-8-10-23-22(13-18)24(17(3)29(23)15-19(26)11-12-27)21-14-20(32-28(4)5)9-7-16(21)2/h7-11,13-14H,6,12,15,27H2,1-5H3/b19-11-. The molecule has 1 heterocycles. The van der Waals surface area contributed by atoms with Gasteiger partial charge in [-0.3, -0.25) is 4.31 Å². The zero-order chi connectivity index (χ0) is 23.4. The number of aromatic nitrogens is 1. The first kappa shape index (κ1) is 24.0. The van der Waals surface area contributed by atoms with Gasteiger partial charge in [0.05, 0.1) is 18.7 Å². The number of carbonyl (C=O) groups is 1. The Kier molecular flexibility index (Phi) is 7.77. The molecular formula is C25H30FN3O2S. The molecule has 0 saturated heterocycles. The Balaban J connectivity index is 2.28. The molecule has 0 bridgehead atoms. The molecule has 3 aromatic rings. The first-order valence-corrected chi connectivity index (χ1v) is 11.3. The van der Waals surface area contributed by atoms with Crippen LogP contribution in [0.1, 0.15) is 28.5 Å². The number of fused-ring (bicyclic) bond motifs is 1. The molecule has 2 N–H and O–H groups in total. The molecule has 2 aromatic carbocycles. The minimum atomic E-state index is -0.367. The van der Waals surface area contributed by atoms with Gasteiger partial charge in [0.1, 0.15) is 5.83 Å². The average Bonchev–Trinajstić information content (AvgIpc) is 3.00. The summed E-state index contributed by atoms with van der Waals surface area (Å²) in [6.45, 7) is 6.37. The first-order chi connectivity index (χ1) is 15.3. The van der Waals surface area contributed by atoms with Crippen molar-refractivity contribution >= 4 is 28.8 Å². The predicted octanol–water partition coefficient (Wildman–Crippen LogP) is 5.48. The molecule has 3 rings (SSSR count). The lowest BCUT2D eigenvalue weighted by Gasteiger charge is -2.13. The van der Waals surface area contributed by atoms with E-state index in [0.29, 0.717) is 12.2 Å². The van der Waals surface area contributed by atoms with E-state index in [9.17, 15) is 9.18 Å². The summed E-state index contributed by atoms with van der Waals surface area (Å²) >= 11 is 1.64. The van der Waals surface area contributed by atoms with Crippen molar-refractivity contribution in [2.75, 3.05) is 27.2 Å². The van der Waals surface area contributed by atoms with Crippen molar-refractivity contribution in [3.05, 3.63) is 65.1 Å². The van der Waals surface area contributed by atoms with Crippen LogP contribution in [0.3, 0.4) is 0 Å². The third kappa shape index (κ3) is 5.06. The Labute approximate surface area is 193 Å². The number of carbonyl (C=O) groups excluding carboxylic acids is 1. The van der Waals surface area contributed by atoms with Crippen LogP contribution in [0.2, 0.25) is 0 Å². The van der Waals surface area contributed by atoms with Gasteiger partial charge in [-0.05, 0) is 94.3 Å². The molecule has 5 nitrogen and oxygen atoms in total. The van der Waals surface area contributed by atoms with Gasteiger partial charge in [-0.25, -0.2) is 9.18 Å². The summed E-state index contributed by atoms with van der Waals surface area (Å²) in [5.74, 6) is -0.657. The van der Waals surface area contributed by atoms with E-state index >= 15 is 0 Å². The maximum Gasteiger partial charge on any atom is 0.338 e. The Hall–Kier alpha value is -2.61. The highest BCUT2D eigenvalue weighted by molar-refractivity contribution is 7.97. The number of esters is 1. The van der Waals surface area contributed by atoms with Crippen molar-refractivity contribution in [2.24, 2.45) is 5.73 Å². The van der Waals surface area contributed by atoms with Gasteiger partial charge in [0, 0.05) is 33.6 Å². The summed E-state index contributed by atoms with van der Waals surface area (Å²) in [6, 6.07) is 11.8. The van der Waals surface area contributed by atoms with E-state index in [2.05, 4.69) is 25.1 Å². The number of nitrogens with two attached hydrogens (primary N) is 1. The topological polar surface area (TPSA) is 60.5 Å². The van der Waals surface area contributed by atoms with Gasteiger partial charge in [-0.2, -0.15) is 0 Å². The van der Waals surface area contributed by atoms with Crippen molar-refractivity contribution in [3.8, 4) is 11.1 Å². The molecule has 170 valence electrons. The smallest absolute Gasteiger partial charge is 0.338 e. The van der Waals surface area contributed by atoms with E-state index < -0.39 is 0 Å². The maximum absolute atomic E-state index is 14.5. The second kappa shape index (κ2) is 10.3. The minimum absolute atomic E-state index is 0.0868. The second-order valence-corrected chi connectivity index (χ2v) is 9.15. The molecule has 0 aliphatic heterocycles. The summed E-state index contributed by atoms with van der Waals surface area (Å²) < 4.78 is 23.7. The molecule has 0 saturated carbocycles. The molecule has 1 aromatic heterocycles. The summed E-state index contributed by atoms with van der Waals surface area (Å²) in [7, 11) is 4.00. The SMILES string of the molecule is CCOC(=O)c1ccc2c(c1)c(-c1cc(SN(C)C)ccc1C)c(C)n2C/C(F)=C/CN. The monoisotopic (exact) mass is 455 g/mol. The van der Waals surface area contributed by atoms with Crippen LogP contribution in [-0.4, -0.2) is 42.1 Å². The fraction of sp³-hybridized carbons (Fsp3) is 0.320. The third-order valence-corrected chi connectivity index (χ3v) is 6.08. The van der Waals surface area contributed by atoms with Crippen molar-refractivity contribution in [2.45, 2.75) is 32.2 Å². The highest BCUT2D eigenvalue weighted by Crippen LogP contribution is 2.39. The summed E-state index contributed by atoms with van der Waals surface area (Å²) in [5, 5.41) is 0.892. The van der Waals surface area contributed by atoms with Crippen LogP contribution in [0, 0.1) is 13.8 Å². The van der Waals surface area contributed by atoms with Crippen LogP contribution in [0.5, 0.6) is 0 Å². The molecule has 0 atom stereocenters. The number of aryl methyl sites for hydroxylation is 1. The van der Waals surface area contributed by atoms with Crippen molar-refractivity contribution in [3.63, 3.8) is 0 Å². The molecule has 7 heteroatoms. The molecule has 0 aliphatic carbocycles. The van der Waals surface area contributed by atoms with E-state index in [0.717, 1.165) is 38.2 Å². The van der Waals surface area contributed by atoms with Crippen LogP contribution >= 0.6 is 11.9 Å². The number of hydrogen-bond acceptors (Lipinski definition) is 5. The zero-order valence-electron chi connectivity index (χ0n) is 19.2. The largest absolute Gasteiger partial charge is 0.462 e. The lowest BCUT2D eigenvalue weighted by molar-refractivity contribution is 0.0526. The number of ether oxygens (including phenoxy) is 1. The Morgan fingerprint density at radius 2 is 1.97 bits per heavy atom. The Bertz CT molecular complexity index is 1170. The number of benzene rings is 2. The molecule has 0 unspecified atom stereocenters. The minimum Gasteiger partial charge on any atom is -0.462 e. The molecular weight excluding hydrogens is 425 g/mol. The van der Waals surface area contributed by atoms with Gasteiger partial charge >= 0.3 is 5.97 Å². The predicted molar refractivity (Wildman–Crippen MR) is 131 cm³/mol. The van der Waals surface area contributed by atoms with E-state index in [1.807, 2.05) is 42.0 Å². The van der Waals surface area contributed by atoms with Crippen LogP contribution in [-0.2, 0) is 11.3 Å². The molecule has 0 radical (unpaired) electrons. The Morgan fingerprint density at radius 1 is 1.22 bits per heavy atom. The first-order valence-electron chi connectivity index (χ1n) is 10.6. The number of halogens is 1. The van der Waals surface area contributed by atoms with E-state index in [4.69, 9.17) is 10.5 Å². The fourth-order valence-electron chi connectivity index (χ4n) is 3.85. The normalized spacial score (nSPS) is 12.1. The zero-order valence-corrected chi connectivity index (χ0v) is 20.1. The molecule has 32 heavy (non-hydrogen) atoms. The van der Waals surface area contributed by atoms with Crippen LogP contribution in [0.25, 0.3) is 22.0 Å². The molecule has 0 fully saturated rings.